The van der Waals surface area contributed by atoms with Gasteiger partial charge in [-0.3, -0.25) is 19.5 Å². The zero-order chi connectivity index (χ0) is 20.9. The summed E-state index contributed by atoms with van der Waals surface area (Å²) in [6, 6.07) is 12.0. The molecular formula is C23H28N4O3. The van der Waals surface area contributed by atoms with Crippen LogP contribution in [0.3, 0.4) is 0 Å². The van der Waals surface area contributed by atoms with Crippen molar-refractivity contribution >= 4 is 23.2 Å². The minimum Gasteiger partial charge on any atom is -0.375 e. The lowest BCUT2D eigenvalue weighted by Gasteiger charge is -2.33. The number of benzene rings is 1. The number of hydrogen-bond acceptors (Lipinski definition) is 5. The number of aromatic nitrogens is 1. The number of carbonyl (C=O) groups is 2. The zero-order valence-electron chi connectivity index (χ0n) is 17.3. The van der Waals surface area contributed by atoms with E-state index in [1.54, 1.807) is 24.4 Å². The molecule has 0 bridgehead atoms. The number of likely N-dealkylation sites (tertiary alicyclic amines) is 1. The van der Waals surface area contributed by atoms with Crippen molar-refractivity contribution in [3.05, 3.63) is 54.4 Å². The van der Waals surface area contributed by atoms with Crippen LogP contribution in [0.4, 0.5) is 11.4 Å². The molecule has 2 saturated heterocycles. The molecule has 0 unspecified atom stereocenters. The minimum atomic E-state index is -0.00107. The summed E-state index contributed by atoms with van der Waals surface area (Å²) in [6.07, 6.45) is 5.32. The third-order valence-electron chi connectivity index (χ3n) is 5.99. The third kappa shape index (κ3) is 4.37. The average Bonchev–Trinajstić information content (AvgIpc) is 2.74. The number of nitrogens with one attached hydrogen (secondary N) is 1. The second kappa shape index (κ2) is 9.36. The summed E-state index contributed by atoms with van der Waals surface area (Å²) in [4.78, 5) is 32.9. The van der Waals surface area contributed by atoms with Crippen LogP contribution in [0, 0.1) is 5.92 Å². The van der Waals surface area contributed by atoms with Crippen LogP contribution in [-0.4, -0.2) is 61.6 Å². The van der Waals surface area contributed by atoms with Gasteiger partial charge in [0.1, 0.15) is 6.61 Å². The molecular weight excluding hydrogens is 380 g/mol. The quantitative estimate of drug-likeness (QED) is 0.794. The van der Waals surface area contributed by atoms with Crippen LogP contribution >= 0.6 is 0 Å². The molecule has 30 heavy (non-hydrogen) atoms. The molecule has 7 heteroatoms. The van der Waals surface area contributed by atoms with E-state index in [0.717, 1.165) is 37.3 Å². The molecule has 1 aromatic heterocycles. The van der Waals surface area contributed by atoms with Gasteiger partial charge in [0, 0.05) is 45.2 Å². The summed E-state index contributed by atoms with van der Waals surface area (Å²) in [7, 11) is 1.55. The summed E-state index contributed by atoms with van der Waals surface area (Å²) in [5.74, 6) is 0.574. The van der Waals surface area contributed by atoms with E-state index in [9.17, 15) is 9.59 Å². The van der Waals surface area contributed by atoms with Crippen molar-refractivity contribution in [1.29, 1.82) is 0 Å². The first-order valence-electron chi connectivity index (χ1n) is 10.5. The van der Waals surface area contributed by atoms with Gasteiger partial charge < -0.3 is 15.0 Å². The minimum absolute atomic E-state index is 0.00107. The third-order valence-corrected chi connectivity index (χ3v) is 5.99. The molecule has 1 aromatic carbocycles. The van der Waals surface area contributed by atoms with Crippen LogP contribution in [0.5, 0.6) is 0 Å². The molecule has 158 valence electrons. The number of pyridine rings is 1. The normalized spacial score (nSPS) is 17.4. The topological polar surface area (TPSA) is 74.8 Å². The first-order valence-corrected chi connectivity index (χ1v) is 10.5. The maximum atomic E-state index is 13.1. The van der Waals surface area contributed by atoms with Crippen molar-refractivity contribution in [2.24, 2.45) is 5.92 Å². The molecule has 0 aliphatic carbocycles. The van der Waals surface area contributed by atoms with Crippen molar-refractivity contribution < 1.29 is 14.3 Å². The molecule has 0 saturated carbocycles. The molecule has 0 atom stereocenters. The molecule has 1 N–H and O–H groups in total. The highest BCUT2D eigenvalue weighted by Crippen LogP contribution is 2.32. The van der Waals surface area contributed by atoms with E-state index < -0.39 is 0 Å². The second-order valence-corrected chi connectivity index (χ2v) is 7.92. The summed E-state index contributed by atoms with van der Waals surface area (Å²) >= 11 is 0. The van der Waals surface area contributed by atoms with Gasteiger partial charge in [-0.05, 0) is 48.6 Å². The number of piperidine rings is 1. The van der Waals surface area contributed by atoms with Gasteiger partial charge in [0.2, 0.25) is 11.8 Å². The van der Waals surface area contributed by atoms with Gasteiger partial charge in [0.15, 0.2) is 0 Å². The Labute approximate surface area is 177 Å². The second-order valence-electron chi connectivity index (χ2n) is 7.92. The smallest absolute Gasteiger partial charge is 0.248 e. The number of carbonyl (C=O) groups excluding carboxylic acids is 2. The van der Waals surface area contributed by atoms with Crippen molar-refractivity contribution in [1.82, 2.24) is 15.2 Å². The predicted molar refractivity (Wildman–Crippen MR) is 115 cm³/mol. The Bertz CT molecular complexity index is 860. The molecule has 0 spiro atoms. The van der Waals surface area contributed by atoms with Gasteiger partial charge in [-0.1, -0.05) is 12.1 Å². The lowest BCUT2D eigenvalue weighted by Crippen LogP contribution is -2.51. The van der Waals surface area contributed by atoms with E-state index in [0.29, 0.717) is 19.0 Å². The van der Waals surface area contributed by atoms with Crippen molar-refractivity contribution in [3.8, 4) is 0 Å². The molecule has 2 aromatic rings. The number of amides is 2. The monoisotopic (exact) mass is 408 g/mol. The molecule has 0 radical (unpaired) electrons. The van der Waals surface area contributed by atoms with E-state index in [2.05, 4.69) is 22.4 Å². The molecule has 2 amide bonds. The number of anilines is 2. The standard InChI is InChI=1S/C23H28N4O3/c1-30-16-22(28)26-11-8-18(9-12-26)17-4-6-20(7-5-17)27(21-3-2-10-24-15-21)23(29)19-13-25-14-19/h2-7,10,15,18-19,25H,8-9,11-14,16H2,1H3. The maximum absolute atomic E-state index is 13.1. The maximum Gasteiger partial charge on any atom is 0.248 e. The van der Waals surface area contributed by atoms with E-state index in [1.165, 1.54) is 5.56 Å². The van der Waals surface area contributed by atoms with E-state index in [4.69, 9.17) is 4.74 Å². The summed E-state index contributed by atoms with van der Waals surface area (Å²) in [6.45, 7) is 3.09. The van der Waals surface area contributed by atoms with Gasteiger partial charge in [0.05, 0.1) is 17.8 Å². The Morgan fingerprint density at radius 2 is 1.87 bits per heavy atom. The molecule has 2 aliphatic rings. The number of methoxy groups -OCH3 is 1. The number of ether oxygens (including phenoxy) is 1. The molecule has 7 nitrogen and oxygen atoms in total. The predicted octanol–water partition coefficient (Wildman–Crippen LogP) is 2.32. The van der Waals surface area contributed by atoms with Crippen LogP contribution in [0.2, 0.25) is 0 Å². The highest BCUT2D eigenvalue weighted by atomic mass is 16.5. The van der Waals surface area contributed by atoms with Gasteiger partial charge in [-0.15, -0.1) is 0 Å². The van der Waals surface area contributed by atoms with Crippen molar-refractivity contribution in [3.63, 3.8) is 0 Å². The van der Waals surface area contributed by atoms with Gasteiger partial charge in [-0.25, -0.2) is 0 Å². The summed E-state index contributed by atoms with van der Waals surface area (Å²) in [5.41, 5.74) is 2.89. The van der Waals surface area contributed by atoms with Gasteiger partial charge in [0.25, 0.3) is 0 Å². The van der Waals surface area contributed by atoms with Crippen molar-refractivity contribution in [2.45, 2.75) is 18.8 Å². The lowest BCUT2D eigenvalue weighted by atomic mass is 9.89. The van der Waals surface area contributed by atoms with Crippen LogP contribution in [0.25, 0.3) is 0 Å². The summed E-state index contributed by atoms with van der Waals surface area (Å²) < 4.78 is 4.96. The fourth-order valence-electron chi connectivity index (χ4n) is 4.11. The molecule has 3 heterocycles. The first kappa shape index (κ1) is 20.5. The zero-order valence-corrected chi connectivity index (χ0v) is 17.3. The Hall–Kier alpha value is -2.77. The number of rotatable bonds is 6. The van der Waals surface area contributed by atoms with Crippen LogP contribution in [0.15, 0.2) is 48.8 Å². The van der Waals surface area contributed by atoms with E-state index in [-0.39, 0.29) is 24.3 Å². The van der Waals surface area contributed by atoms with E-state index in [1.807, 2.05) is 29.2 Å². The molecule has 4 rings (SSSR count). The van der Waals surface area contributed by atoms with Crippen LogP contribution in [0.1, 0.15) is 24.3 Å². The molecule has 2 fully saturated rings. The molecule has 2 aliphatic heterocycles. The fraction of sp³-hybridized carbons (Fsp3) is 0.435. The first-order chi connectivity index (χ1) is 14.7. The van der Waals surface area contributed by atoms with Gasteiger partial charge in [-0.2, -0.15) is 0 Å². The highest BCUT2D eigenvalue weighted by Gasteiger charge is 2.31. The van der Waals surface area contributed by atoms with Crippen LogP contribution in [-0.2, 0) is 14.3 Å². The highest BCUT2D eigenvalue weighted by molar-refractivity contribution is 6.02. The summed E-state index contributed by atoms with van der Waals surface area (Å²) in [5, 5.41) is 3.17. The van der Waals surface area contributed by atoms with Crippen LogP contribution < -0.4 is 10.2 Å². The van der Waals surface area contributed by atoms with Crippen molar-refractivity contribution in [2.75, 3.05) is 44.8 Å². The number of nitrogens with zero attached hydrogens (tertiary/aromatic N) is 3. The van der Waals surface area contributed by atoms with Gasteiger partial charge >= 0.3 is 0 Å². The Morgan fingerprint density at radius 1 is 1.13 bits per heavy atom. The fourth-order valence-corrected chi connectivity index (χ4v) is 4.11. The Morgan fingerprint density at radius 3 is 2.43 bits per heavy atom. The lowest BCUT2D eigenvalue weighted by molar-refractivity contribution is -0.136. The average molecular weight is 409 g/mol. The largest absolute Gasteiger partial charge is 0.375 e. The Kier molecular flexibility index (Phi) is 6.40. The Balaban J connectivity index is 1.47. The SMILES string of the molecule is COCC(=O)N1CCC(c2ccc(N(C(=O)C3CNC3)c3cccnc3)cc2)CC1. The number of hydrogen-bond donors (Lipinski definition) is 1. The van der Waals surface area contributed by atoms with E-state index >= 15 is 0 Å².